The predicted octanol–water partition coefficient (Wildman–Crippen LogP) is 3.67. The largest absolute Gasteiger partial charge is 0.497 e. The first-order valence-electron chi connectivity index (χ1n) is 9.74. The number of methoxy groups -OCH3 is 1. The van der Waals surface area contributed by atoms with Gasteiger partial charge in [-0.25, -0.2) is 5.43 Å². The van der Waals surface area contributed by atoms with Crippen LogP contribution in [0.25, 0.3) is 0 Å². The van der Waals surface area contributed by atoms with Gasteiger partial charge >= 0.3 is 0 Å². The number of benzene rings is 2. The molecule has 1 saturated heterocycles. The van der Waals surface area contributed by atoms with Crippen LogP contribution in [0.2, 0.25) is 0 Å². The minimum Gasteiger partial charge on any atom is -0.497 e. The number of halogens is 1. The Labute approximate surface area is 188 Å². The summed E-state index contributed by atoms with van der Waals surface area (Å²) in [7, 11) is 1.64. The summed E-state index contributed by atoms with van der Waals surface area (Å²) in [5.41, 5.74) is 4.69. The minimum atomic E-state index is 0.346. The molecule has 1 fully saturated rings. The fraction of sp³-hybridized carbons (Fsp3) is 0.238. The standard InChI is InChI=1S/C21H22BrN7O2/c1-30-18-7-5-15(6-8-18)14-23-28-20-25-19(24-17-4-2-3-16(22)13-17)26-21(27-20)29-9-11-31-12-10-29/h2-8,13-14H,9-12H2,1H3,(H2,24,25,26,27,28)/b23-14+. The summed E-state index contributed by atoms with van der Waals surface area (Å²) in [5, 5.41) is 7.50. The molecule has 31 heavy (non-hydrogen) atoms. The van der Waals surface area contributed by atoms with Crippen LogP contribution in [0.15, 0.2) is 58.1 Å². The molecule has 1 aliphatic rings. The van der Waals surface area contributed by atoms with E-state index in [9.17, 15) is 0 Å². The van der Waals surface area contributed by atoms with Crippen molar-refractivity contribution in [2.45, 2.75) is 0 Å². The smallest absolute Gasteiger partial charge is 0.250 e. The Bertz CT molecular complexity index is 1040. The highest BCUT2D eigenvalue weighted by Crippen LogP contribution is 2.21. The van der Waals surface area contributed by atoms with Gasteiger partial charge in [-0.2, -0.15) is 20.1 Å². The summed E-state index contributed by atoms with van der Waals surface area (Å²) < 4.78 is 11.6. The number of aromatic nitrogens is 3. The Morgan fingerprint density at radius 3 is 2.58 bits per heavy atom. The monoisotopic (exact) mass is 483 g/mol. The number of nitrogens with one attached hydrogen (secondary N) is 2. The molecule has 0 radical (unpaired) electrons. The van der Waals surface area contributed by atoms with Crippen LogP contribution in [0.5, 0.6) is 5.75 Å². The van der Waals surface area contributed by atoms with Crippen LogP contribution in [0.1, 0.15) is 5.56 Å². The number of rotatable bonds is 7. The average Bonchev–Trinajstić information content (AvgIpc) is 2.80. The summed E-state index contributed by atoms with van der Waals surface area (Å²) in [6.07, 6.45) is 1.69. The minimum absolute atomic E-state index is 0.346. The highest BCUT2D eigenvalue weighted by atomic mass is 79.9. The lowest BCUT2D eigenvalue weighted by molar-refractivity contribution is 0.122. The third-order valence-electron chi connectivity index (χ3n) is 4.49. The van der Waals surface area contributed by atoms with Crippen LogP contribution < -0.4 is 20.4 Å². The van der Waals surface area contributed by atoms with Crippen molar-refractivity contribution in [1.82, 2.24) is 15.0 Å². The second-order valence-corrected chi connectivity index (χ2v) is 7.58. The second kappa shape index (κ2) is 10.2. The van der Waals surface area contributed by atoms with Crippen LogP contribution in [0.3, 0.4) is 0 Å². The van der Waals surface area contributed by atoms with Crippen molar-refractivity contribution in [1.29, 1.82) is 0 Å². The molecule has 160 valence electrons. The molecule has 0 amide bonds. The molecule has 0 atom stereocenters. The number of hydrogen-bond acceptors (Lipinski definition) is 9. The maximum absolute atomic E-state index is 5.44. The Morgan fingerprint density at radius 2 is 1.84 bits per heavy atom. The van der Waals surface area contributed by atoms with E-state index in [2.05, 4.69) is 51.6 Å². The third kappa shape index (κ3) is 5.89. The van der Waals surface area contributed by atoms with Crippen molar-refractivity contribution in [3.05, 3.63) is 58.6 Å². The molecule has 2 aromatic carbocycles. The number of hydrazone groups is 1. The van der Waals surface area contributed by atoms with Gasteiger partial charge in [0.1, 0.15) is 5.75 Å². The van der Waals surface area contributed by atoms with E-state index in [1.165, 1.54) is 0 Å². The van der Waals surface area contributed by atoms with Gasteiger partial charge in [-0.05, 0) is 48.0 Å². The predicted molar refractivity (Wildman–Crippen MR) is 124 cm³/mol. The maximum Gasteiger partial charge on any atom is 0.250 e. The SMILES string of the molecule is COc1ccc(/C=N/Nc2nc(Nc3cccc(Br)c3)nc(N3CCOCC3)n2)cc1. The van der Waals surface area contributed by atoms with E-state index < -0.39 is 0 Å². The van der Waals surface area contributed by atoms with Gasteiger partial charge < -0.3 is 19.7 Å². The van der Waals surface area contributed by atoms with Gasteiger partial charge in [0.25, 0.3) is 0 Å². The van der Waals surface area contributed by atoms with Crippen molar-refractivity contribution < 1.29 is 9.47 Å². The Kier molecular flexibility index (Phi) is 6.90. The third-order valence-corrected chi connectivity index (χ3v) is 4.99. The zero-order valence-corrected chi connectivity index (χ0v) is 18.5. The van der Waals surface area contributed by atoms with Gasteiger partial charge in [0.15, 0.2) is 0 Å². The first kappa shape index (κ1) is 21.0. The molecule has 0 unspecified atom stereocenters. The van der Waals surface area contributed by atoms with E-state index in [1.807, 2.05) is 48.5 Å². The molecular weight excluding hydrogens is 462 g/mol. The fourth-order valence-electron chi connectivity index (χ4n) is 2.93. The van der Waals surface area contributed by atoms with Crippen molar-refractivity contribution in [3.8, 4) is 5.75 Å². The van der Waals surface area contributed by atoms with Gasteiger partial charge in [-0.1, -0.05) is 22.0 Å². The van der Waals surface area contributed by atoms with E-state index in [0.29, 0.717) is 31.1 Å². The summed E-state index contributed by atoms with van der Waals surface area (Å²) in [6, 6.07) is 15.4. The molecule has 4 rings (SSSR count). The number of ether oxygens (including phenoxy) is 2. The molecule has 2 N–H and O–H groups in total. The molecule has 0 bridgehead atoms. The molecular formula is C21H22BrN7O2. The first-order chi connectivity index (χ1) is 15.2. The average molecular weight is 484 g/mol. The number of nitrogens with zero attached hydrogens (tertiary/aromatic N) is 5. The van der Waals surface area contributed by atoms with Gasteiger partial charge in [0.05, 0.1) is 26.5 Å². The quantitative estimate of drug-likeness (QED) is 0.388. The molecule has 9 nitrogen and oxygen atoms in total. The van der Waals surface area contributed by atoms with E-state index in [4.69, 9.17) is 9.47 Å². The molecule has 0 aliphatic carbocycles. The molecule has 2 heterocycles. The lowest BCUT2D eigenvalue weighted by Gasteiger charge is -2.27. The van der Waals surface area contributed by atoms with Crippen molar-refractivity contribution in [2.75, 3.05) is 49.1 Å². The zero-order chi connectivity index (χ0) is 21.5. The first-order valence-corrected chi connectivity index (χ1v) is 10.5. The lowest BCUT2D eigenvalue weighted by atomic mass is 10.2. The molecule has 1 aliphatic heterocycles. The topological polar surface area (TPSA) is 96.8 Å². The van der Waals surface area contributed by atoms with Gasteiger partial charge in [-0.3, -0.25) is 0 Å². The normalized spacial score (nSPS) is 13.9. The van der Waals surface area contributed by atoms with Gasteiger partial charge in [0.2, 0.25) is 17.8 Å². The van der Waals surface area contributed by atoms with E-state index in [0.717, 1.165) is 34.6 Å². The number of anilines is 4. The van der Waals surface area contributed by atoms with Gasteiger partial charge in [-0.15, -0.1) is 0 Å². The summed E-state index contributed by atoms with van der Waals surface area (Å²) in [5.74, 6) is 2.13. The Morgan fingerprint density at radius 1 is 1.06 bits per heavy atom. The van der Waals surface area contributed by atoms with Crippen molar-refractivity contribution in [2.24, 2.45) is 5.10 Å². The molecule has 0 saturated carbocycles. The van der Waals surface area contributed by atoms with Crippen LogP contribution in [0.4, 0.5) is 23.5 Å². The fourth-order valence-corrected chi connectivity index (χ4v) is 3.32. The lowest BCUT2D eigenvalue weighted by Crippen LogP contribution is -2.37. The highest BCUT2D eigenvalue weighted by Gasteiger charge is 2.16. The van der Waals surface area contributed by atoms with Crippen LogP contribution in [0, 0.1) is 0 Å². The van der Waals surface area contributed by atoms with Gasteiger partial charge in [0, 0.05) is 23.2 Å². The molecule has 3 aromatic rings. The van der Waals surface area contributed by atoms with E-state index >= 15 is 0 Å². The van der Waals surface area contributed by atoms with Crippen molar-refractivity contribution in [3.63, 3.8) is 0 Å². The van der Waals surface area contributed by atoms with Crippen LogP contribution in [-0.4, -0.2) is 54.6 Å². The summed E-state index contributed by atoms with van der Waals surface area (Å²) in [6.45, 7) is 2.71. The maximum atomic E-state index is 5.44. The molecule has 0 spiro atoms. The zero-order valence-electron chi connectivity index (χ0n) is 17.0. The molecule has 10 heteroatoms. The summed E-state index contributed by atoms with van der Waals surface area (Å²) >= 11 is 3.48. The van der Waals surface area contributed by atoms with Crippen LogP contribution >= 0.6 is 15.9 Å². The highest BCUT2D eigenvalue weighted by molar-refractivity contribution is 9.10. The summed E-state index contributed by atoms with van der Waals surface area (Å²) in [4.78, 5) is 15.6. The molecule has 1 aromatic heterocycles. The van der Waals surface area contributed by atoms with Crippen LogP contribution in [-0.2, 0) is 4.74 Å². The van der Waals surface area contributed by atoms with E-state index in [1.54, 1.807) is 13.3 Å². The van der Waals surface area contributed by atoms with Crippen molar-refractivity contribution >= 4 is 45.7 Å². The second-order valence-electron chi connectivity index (χ2n) is 6.66. The number of hydrogen-bond donors (Lipinski definition) is 2. The Balaban J connectivity index is 1.55. The van der Waals surface area contributed by atoms with E-state index in [-0.39, 0.29) is 0 Å². The number of morpholine rings is 1. The Hall–Kier alpha value is -3.24.